The minimum atomic E-state index is -0.0427. The van der Waals surface area contributed by atoms with Gasteiger partial charge in [0, 0.05) is 0 Å². The molecule has 0 aliphatic heterocycles. The van der Waals surface area contributed by atoms with Crippen molar-refractivity contribution < 1.29 is 4.74 Å². The standard InChI is InChI=1S/C18H17BrN2O2/c1-12-9-13(2)17(15(19)10-12)23-8-7-21-11-20-16-6-4-3-5-14(16)18(21)22/h3-6,9-11H,7-8H2,1-2H3. The van der Waals surface area contributed by atoms with E-state index in [0.29, 0.717) is 24.1 Å². The van der Waals surface area contributed by atoms with Gasteiger partial charge in [0.25, 0.3) is 5.56 Å². The summed E-state index contributed by atoms with van der Waals surface area (Å²) in [5.41, 5.74) is 2.92. The normalized spacial score (nSPS) is 10.9. The lowest BCUT2D eigenvalue weighted by molar-refractivity contribution is 0.292. The number of benzene rings is 2. The number of fused-ring (bicyclic) bond motifs is 1. The molecule has 4 nitrogen and oxygen atoms in total. The average molecular weight is 373 g/mol. The van der Waals surface area contributed by atoms with Crippen LogP contribution in [0.2, 0.25) is 0 Å². The topological polar surface area (TPSA) is 44.1 Å². The van der Waals surface area contributed by atoms with Gasteiger partial charge >= 0.3 is 0 Å². The summed E-state index contributed by atoms with van der Waals surface area (Å²) in [6.07, 6.45) is 1.57. The van der Waals surface area contributed by atoms with Gasteiger partial charge in [0.15, 0.2) is 0 Å². The van der Waals surface area contributed by atoms with Crippen LogP contribution in [0, 0.1) is 13.8 Å². The highest BCUT2D eigenvalue weighted by atomic mass is 79.9. The highest BCUT2D eigenvalue weighted by Gasteiger charge is 2.07. The molecule has 1 aromatic heterocycles. The summed E-state index contributed by atoms with van der Waals surface area (Å²) in [4.78, 5) is 16.7. The maximum absolute atomic E-state index is 12.4. The number of aromatic nitrogens is 2. The summed E-state index contributed by atoms with van der Waals surface area (Å²) in [7, 11) is 0. The predicted molar refractivity (Wildman–Crippen MR) is 95.1 cm³/mol. The van der Waals surface area contributed by atoms with E-state index < -0.39 is 0 Å². The molecule has 0 saturated carbocycles. The smallest absolute Gasteiger partial charge is 0.261 e. The van der Waals surface area contributed by atoms with Crippen molar-refractivity contribution in [3.8, 4) is 5.75 Å². The van der Waals surface area contributed by atoms with Crippen molar-refractivity contribution in [2.24, 2.45) is 0 Å². The molecule has 2 aromatic carbocycles. The molecule has 0 aliphatic carbocycles. The van der Waals surface area contributed by atoms with Crippen molar-refractivity contribution in [2.75, 3.05) is 6.61 Å². The van der Waals surface area contributed by atoms with Gasteiger partial charge in [0.1, 0.15) is 12.4 Å². The summed E-state index contributed by atoms with van der Waals surface area (Å²) >= 11 is 3.53. The molecule has 5 heteroatoms. The van der Waals surface area contributed by atoms with Gasteiger partial charge in [-0.1, -0.05) is 18.2 Å². The van der Waals surface area contributed by atoms with E-state index in [2.05, 4.69) is 27.0 Å². The van der Waals surface area contributed by atoms with Gasteiger partial charge < -0.3 is 4.74 Å². The van der Waals surface area contributed by atoms with Gasteiger partial charge in [-0.25, -0.2) is 4.98 Å². The van der Waals surface area contributed by atoms with Crippen molar-refractivity contribution in [1.82, 2.24) is 9.55 Å². The second-order valence-electron chi connectivity index (χ2n) is 5.50. The fourth-order valence-electron chi connectivity index (χ4n) is 2.60. The second kappa shape index (κ2) is 6.54. The first kappa shape index (κ1) is 15.7. The molecule has 118 valence electrons. The maximum Gasteiger partial charge on any atom is 0.261 e. The first-order chi connectivity index (χ1) is 11.1. The molecule has 0 fully saturated rings. The Hall–Kier alpha value is -2.14. The SMILES string of the molecule is Cc1cc(C)c(OCCn2cnc3ccccc3c2=O)c(Br)c1. The van der Waals surface area contributed by atoms with Crippen LogP contribution in [0.3, 0.4) is 0 Å². The molecule has 0 spiro atoms. The van der Waals surface area contributed by atoms with Crippen LogP contribution in [0.4, 0.5) is 0 Å². The molecule has 0 unspecified atom stereocenters. The van der Waals surface area contributed by atoms with Gasteiger partial charge in [-0.2, -0.15) is 0 Å². The second-order valence-corrected chi connectivity index (χ2v) is 6.36. The fraction of sp³-hybridized carbons (Fsp3) is 0.222. The first-order valence-corrected chi connectivity index (χ1v) is 8.19. The van der Waals surface area contributed by atoms with Crippen molar-refractivity contribution in [2.45, 2.75) is 20.4 Å². The lowest BCUT2D eigenvalue weighted by Gasteiger charge is -2.13. The largest absolute Gasteiger partial charge is 0.490 e. The molecule has 0 aliphatic rings. The Labute approximate surface area is 142 Å². The minimum absolute atomic E-state index is 0.0427. The average Bonchev–Trinajstić information content (AvgIpc) is 2.52. The Morgan fingerprint density at radius 2 is 2.00 bits per heavy atom. The number of aryl methyl sites for hydroxylation is 2. The van der Waals surface area contributed by atoms with Crippen LogP contribution in [0.25, 0.3) is 10.9 Å². The zero-order valence-corrected chi connectivity index (χ0v) is 14.6. The van der Waals surface area contributed by atoms with Crippen molar-refractivity contribution >= 4 is 26.8 Å². The van der Waals surface area contributed by atoms with E-state index >= 15 is 0 Å². The summed E-state index contributed by atoms with van der Waals surface area (Å²) < 4.78 is 8.37. The molecule has 0 saturated heterocycles. The third-order valence-corrected chi connectivity index (χ3v) is 4.27. The van der Waals surface area contributed by atoms with Gasteiger partial charge in [-0.3, -0.25) is 9.36 Å². The molecule has 3 rings (SSSR count). The maximum atomic E-state index is 12.4. The van der Waals surface area contributed by atoms with Crippen molar-refractivity contribution in [3.05, 3.63) is 68.7 Å². The quantitative estimate of drug-likeness (QED) is 0.698. The van der Waals surface area contributed by atoms with Gasteiger partial charge in [-0.15, -0.1) is 0 Å². The molecule has 0 N–H and O–H groups in total. The van der Waals surface area contributed by atoms with Crippen molar-refractivity contribution in [1.29, 1.82) is 0 Å². The van der Waals surface area contributed by atoms with E-state index in [0.717, 1.165) is 15.8 Å². The number of nitrogens with zero attached hydrogens (tertiary/aromatic N) is 2. The predicted octanol–water partition coefficient (Wildman–Crippen LogP) is 3.85. The number of halogens is 1. The summed E-state index contributed by atoms with van der Waals surface area (Å²) in [5.74, 6) is 0.817. The van der Waals surface area contributed by atoms with E-state index in [1.54, 1.807) is 17.0 Å². The van der Waals surface area contributed by atoms with E-state index in [1.807, 2.05) is 38.1 Å². The van der Waals surface area contributed by atoms with Crippen molar-refractivity contribution in [3.63, 3.8) is 0 Å². The zero-order valence-electron chi connectivity index (χ0n) is 13.0. The fourth-order valence-corrected chi connectivity index (χ4v) is 3.38. The third kappa shape index (κ3) is 3.29. The first-order valence-electron chi connectivity index (χ1n) is 7.40. The highest BCUT2D eigenvalue weighted by molar-refractivity contribution is 9.10. The molecule has 0 atom stereocenters. The number of ether oxygens (including phenoxy) is 1. The van der Waals surface area contributed by atoms with E-state index in [-0.39, 0.29) is 5.56 Å². The summed E-state index contributed by atoms with van der Waals surface area (Å²) in [6.45, 7) is 4.91. The molecule has 0 bridgehead atoms. The van der Waals surface area contributed by atoms with Gasteiger partial charge in [0.2, 0.25) is 0 Å². The monoisotopic (exact) mass is 372 g/mol. The van der Waals surface area contributed by atoms with Crippen LogP contribution in [-0.2, 0) is 6.54 Å². The zero-order chi connectivity index (χ0) is 16.4. The van der Waals surface area contributed by atoms with Crippen LogP contribution in [0.15, 0.2) is 52.0 Å². The van der Waals surface area contributed by atoms with Crippen LogP contribution in [-0.4, -0.2) is 16.2 Å². The number of hydrogen-bond donors (Lipinski definition) is 0. The van der Waals surface area contributed by atoms with Crippen LogP contribution >= 0.6 is 15.9 Å². The molecule has 3 aromatic rings. The van der Waals surface area contributed by atoms with Crippen LogP contribution < -0.4 is 10.3 Å². The number of rotatable bonds is 4. The van der Waals surface area contributed by atoms with E-state index in [4.69, 9.17) is 4.74 Å². The Kier molecular flexibility index (Phi) is 4.48. The summed E-state index contributed by atoms with van der Waals surface area (Å²) in [5, 5.41) is 0.627. The Balaban J connectivity index is 1.77. The van der Waals surface area contributed by atoms with Crippen LogP contribution in [0.1, 0.15) is 11.1 Å². The number of hydrogen-bond acceptors (Lipinski definition) is 3. The Morgan fingerprint density at radius 3 is 2.78 bits per heavy atom. The lowest BCUT2D eigenvalue weighted by atomic mass is 10.1. The molecule has 0 radical (unpaired) electrons. The van der Waals surface area contributed by atoms with E-state index in [9.17, 15) is 4.79 Å². The van der Waals surface area contributed by atoms with Gasteiger partial charge in [-0.05, 0) is 59.1 Å². The summed E-state index contributed by atoms with van der Waals surface area (Å²) in [6, 6.07) is 11.4. The molecule has 0 amide bonds. The van der Waals surface area contributed by atoms with E-state index in [1.165, 1.54) is 5.56 Å². The highest BCUT2D eigenvalue weighted by Crippen LogP contribution is 2.30. The molecule has 23 heavy (non-hydrogen) atoms. The third-order valence-electron chi connectivity index (χ3n) is 3.68. The minimum Gasteiger partial charge on any atom is -0.490 e. The van der Waals surface area contributed by atoms with Gasteiger partial charge in [0.05, 0.1) is 28.2 Å². The van der Waals surface area contributed by atoms with Crippen LogP contribution in [0.5, 0.6) is 5.75 Å². The lowest BCUT2D eigenvalue weighted by Crippen LogP contribution is -2.23. The Bertz CT molecular complexity index is 895. The molecule has 1 heterocycles. The molecular formula is C18H17BrN2O2. The Morgan fingerprint density at radius 1 is 1.22 bits per heavy atom. The number of para-hydroxylation sites is 1. The molecular weight excluding hydrogens is 356 g/mol.